The van der Waals surface area contributed by atoms with E-state index in [4.69, 9.17) is 18.0 Å². The van der Waals surface area contributed by atoms with Crippen LogP contribution in [0.25, 0.3) is 0 Å². The number of pyridine rings is 1. The first-order chi connectivity index (χ1) is 9.46. The molecule has 0 saturated carbocycles. The summed E-state index contributed by atoms with van der Waals surface area (Å²) in [7, 11) is 0. The molecule has 6 heteroatoms. The highest BCUT2D eigenvalue weighted by molar-refractivity contribution is 9.10. The minimum Gasteiger partial charge on any atom is -0.392 e. The molecule has 0 saturated heterocycles. The molecule has 0 aromatic carbocycles. The molecule has 0 aliphatic carbocycles. The minimum absolute atomic E-state index is 0.163. The van der Waals surface area contributed by atoms with Crippen molar-refractivity contribution in [1.82, 2.24) is 4.98 Å². The normalized spacial score (nSPS) is 11.2. The lowest BCUT2D eigenvalue weighted by molar-refractivity contribution is -0.122. The standard InChI is InChI=1S/C14H20BrN3OS/c1-3-7-14(8-4-2,12(16)20)13(19)18-11-6-5-10(15)9-17-11/h5-6,9H,3-4,7-8H2,1-2H3,(H2,16,20)(H,17,18,19). The third-order valence-corrected chi connectivity index (χ3v) is 4.09. The van der Waals surface area contributed by atoms with E-state index < -0.39 is 5.41 Å². The molecule has 1 aromatic rings. The predicted molar refractivity (Wildman–Crippen MR) is 89.6 cm³/mol. The van der Waals surface area contributed by atoms with E-state index in [9.17, 15) is 4.79 Å². The van der Waals surface area contributed by atoms with Crippen LogP contribution in [-0.2, 0) is 4.79 Å². The minimum atomic E-state index is -0.784. The maximum Gasteiger partial charge on any atom is 0.238 e. The van der Waals surface area contributed by atoms with Crippen LogP contribution in [0.1, 0.15) is 39.5 Å². The zero-order valence-electron chi connectivity index (χ0n) is 11.8. The van der Waals surface area contributed by atoms with Crippen LogP contribution in [0.3, 0.4) is 0 Å². The molecule has 0 radical (unpaired) electrons. The summed E-state index contributed by atoms with van der Waals surface area (Å²) in [5.74, 6) is 0.342. The smallest absolute Gasteiger partial charge is 0.238 e. The molecule has 0 unspecified atom stereocenters. The number of nitrogens with zero attached hydrogens (tertiary/aromatic N) is 1. The summed E-state index contributed by atoms with van der Waals surface area (Å²) in [6, 6.07) is 3.56. The van der Waals surface area contributed by atoms with Crippen molar-refractivity contribution in [3.8, 4) is 0 Å². The van der Waals surface area contributed by atoms with Crippen LogP contribution in [0.4, 0.5) is 5.82 Å². The predicted octanol–water partition coefficient (Wildman–Crippen LogP) is 3.66. The highest BCUT2D eigenvalue weighted by atomic mass is 79.9. The van der Waals surface area contributed by atoms with Crippen LogP contribution < -0.4 is 11.1 Å². The Labute approximate surface area is 133 Å². The Balaban J connectivity index is 2.98. The second-order valence-corrected chi connectivity index (χ2v) is 6.12. The van der Waals surface area contributed by atoms with Crippen molar-refractivity contribution in [2.24, 2.45) is 11.1 Å². The first kappa shape index (κ1) is 17.0. The lowest BCUT2D eigenvalue weighted by Gasteiger charge is -2.30. The maximum atomic E-state index is 12.6. The van der Waals surface area contributed by atoms with E-state index in [1.165, 1.54) is 0 Å². The van der Waals surface area contributed by atoms with Crippen LogP contribution in [0, 0.1) is 5.41 Å². The molecule has 20 heavy (non-hydrogen) atoms. The maximum absolute atomic E-state index is 12.6. The summed E-state index contributed by atoms with van der Waals surface area (Å²) < 4.78 is 0.859. The fraction of sp³-hybridized carbons (Fsp3) is 0.500. The molecular weight excluding hydrogens is 338 g/mol. The molecule has 0 atom stereocenters. The fourth-order valence-electron chi connectivity index (χ4n) is 2.25. The Morgan fingerprint density at radius 2 is 2.00 bits per heavy atom. The van der Waals surface area contributed by atoms with Crippen molar-refractivity contribution in [2.75, 3.05) is 5.32 Å². The van der Waals surface area contributed by atoms with E-state index in [0.717, 1.165) is 17.3 Å². The number of thiocarbonyl (C=S) groups is 1. The number of anilines is 1. The number of nitrogens with two attached hydrogens (primary N) is 1. The van der Waals surface area contributed by atoms with E-state index in [0.29, 0.717) is 18.7 Å². The molecule has 4 nitrogen and oxygen atoms in total. The molecule has 0 bridgehead atoms. The number of amides is 1. The Bertz CT molecular complexity index is 470. The van der Waals surface area contributed by atoms with Crippen LogP contribution in [-0.4, -0.2) is 15.9 Å². The van der Waals surface area contributed by atoms with Gasteiger partial charge in [0.2, 0.25) is 5.91 Å². The zero-order chi connectivity index (χ0) is 15.2. The molecule has 0 fully saturated rings. The largest absolute Gasteiger partial charge is 0.392 e. The van der Waals surface area contributed by atoms with Gasteiger partial charge in [-0.05, 0) is 40.9 Å². The van der Waals surface area contributed by atoms with Gasteiger partial charge in [0.25, 0.3) is 0 Å². The lowest BCUT2D eigenvalue weighted by atomic mass is 9.78. The van der Waals surface area contributed by atoms with Gasteiger partial charge < -0.3 is 11.1 Å². The number of halogens is 1. The van der Waals surface area contributed by atoms with Gasteiger partial charge in [0.05, 0.1) is 10.4 Å². The quantitative estimate of drug-likeness (QED) is 0.730. The van der Waals surface area contributed by atoms with E-state index in [1.54, 1.807) is 12.3 Å². The molecule has 1 rings (SSSR count). The highest BCUT2D eigenvalue weighted by Crippen LogP contribution is 2.32. The molecule has 0 aliphatic heterocycles. The summed E-state index contributed by atoms with van der Waals surface area (Å²) >= 11 is 8.47. The third kappa shape index (κ3) is 3.99. The van der Waals surface area contributed by atoms with Crippen LogP contribution >= 0.6 is 28.1 Å². The van der Waals surface area contributed by atoms with Gasteiger partial charge in [0.1, 0.15) is 5.82 Å². The highest BCUT2D eigenvalue weighted by Gasteiger charge is 2.39. The topological polar surface area (TPSA) is 68.0 Å². The van der Waals surface area contributed by atoms with Gasteiger partial charge in [-0.15, -0.1) is 0 Å². The van der Waals surface area contributed by atoms with Crippen molar-refractivity contribution in [3.63, 3.8) is 0 Å². The fourth-order valence-corrected chi connectivity index (χ4v) is 2.78. The second kappa shape index (κ2) is 7.69. The summed E-state index contributed by atoms with van der Waals surface area (Å²) in [5.41, 5.74) is 5.08. The Hall–Kier alpha value is -1.01. The second-order valence-electron chi connectivity index (χ2n) is 4.76. The molecule has 0 aliphatic rings. The van der Waals surface area contributed by atoms with E-state index in [2.05, 4.69) is 26.2 Å². The van der Waals surface area contributed by atoms with Crippen LogP contribution in [0.15, 0.2) is 22.8 Å². The molecule has 0 spiro atoms. The summed E-state index contributed by atoms with van der Waals surface area (Å²) in [6.45, 7) is 4.04. The van der Waals surface area contributed by atoms with Crippen molar-refractivity contribution in [1.29, 1.82) is 0 Å². The number of hydrogen-bond donors (Lipinski definition) is 2. The van der Waals surface area contributed by atoms with Gasteiger partial charge in [-0.2, -0.15) is 0 Å². The van der Waals surface area contributed by atoms with Gasteiger partial charge in [-0.3, -0.25) is 4.79 Å². The molecule has 1 amide bonds. The van der Waals surface area contributed by atoms with Gasteiger partial charge in [0, 0.05) is 10.7 Å². The first-order valence-corrected chi connectivity index (χ1v) is 7.89. The summed E-state index contributed by atoms with van der Waals surface area (Å²) in [6.07, 6.45) is 4.63. The molecular formula is C14H20BrN3OS. The molecule has 110 valence electrons. The summed E-state index contributed by atoms with van der Waals surface area (Å²) in [5, 5.41) is 2.82. The molecule has 3 N–H and O–H groups in total. The van der Waals surface area contributed by atoms with E-state index in [-0.39, 0.29) is 10.9 Å². The number of rotatable bonds is 7. The van der Waals surface area contributed by atoms with Crippen LogP contribution in [0.5, 0.6) is 0 Å². The van der Waals surface area contributed by atoms with Gasteiger partial charge in [0.15, 0.2) is 0 Å². The van der Waals surface area contributed by atoms with E-state index in [1.807, 2.05) is 19.9 Å². The van der Waals surface area contributed by atoms with Gasteiger partial charge >= 0.3 is 0 Å². The number of hydrogen-bond acceptors (Lipinski definition) is 3. The van der Waals surface area contributed by atoms with Crippen molar-refractivity contribution >= 4 is 44.9 Å². The van der Waals surface area contributed by atoms with Crippen molar-refractivity contribution in [2.45, 2.75) is 39.5 Å². The summed E-state index contributed by atoms with van der Waals surface area (Å²) in [4.78, 5) is 17.0. The lowest BCUT2D eigenvalue weighted by Crippen LogP contribution is -2.46. The number of nitrogens with one attached hydrogen (secondary N) is 1. The Morgan fingerprint density at radius 1 is 1.40 bits per heavy atom. The average molecular weight is 358 g/mol. The van der Waals surface area contributed by atoms with Gasteiger partial charge in [-0.25, -0.2) is 4.98 Å². The van der Waals surface area contributed by atoms with Crippen molar-refractivity contribution < 1.29 is 4.79 Å². The molecule has 1 aromatic heterocycles. The first-order valence-electron chi connectivity index (χ1n) is 6.69. The monoisotopic (exact) mass is 357 g/mol. The third-order valence-electron chi connectivity index (χ3n) is 3.23. The number of carbonyl (C=O) groups is 1. The van der Waals surface area contributed by atoms with Crippen LogP contribution in [0.2, 0.25) is 0 Å². The van der Waals surface area contributed by atoms with Gasteiger partial charge in [-0.1, -0.05) is 38.9 Å². The SMILES string of the molecule is CCCC(CCC)(C(=O)Nc1ccc(Br)cn1)C(N)=S. The average Bonchev–Trinajstić information content (AvgIpc) is 2.40. The van der Waals surface area contributed by atoms with E-state index >= 15 is 0 Å². The molecule has 1 heterocycles. The number of aromatic nitrogens is 1. The Morgan fingerprint density at radius 3 is 2.40 bits per heavy atom. The zero-order valence-corrected chi connectivity index (χ0v) is 14.2. The number of carbonyl (C=O) groups excluding carboxylic acids is 1. The van der Waals surface area contributed by atoms with Crippen molar-refractivity contribution in [3.05, 3.63) is 22.8 Å². The Kier molecular flexibility index (Phi) is 6.55.